The van der Waals surface area contributed by atoms with Gasteiger partial charge in [0.1, 0.15) is 17.9 Å². The van der Waals surface area contributed by atoms with Crippen molar-refractivity contribution in [3.05, 3.63) is 45.8 Å². The van der Waals surface area contributed by atoms with Gasteiger partial charge in [0.05, 0.1) is 23.1 Å². The molecule has 0 radical (unpaired) electrons. The molecule has 0 aliphatic carbocycles. The topological polar surface area (TPSA) is 70.2 Å². The van der Waals surface area contributed by atoms with E-state index in [0.717, 1.165) is 28.9 Å². The first-order valence-electron chi connectivity index (χ1n) is 9.73. The fourth-order valence-corrected chi connectivity index (χ4v) is 3.81. The van der Waals surface area contributed by atoms with Crippen molar-refractivity contribution in [1.29, 1.82) is 0 Å². The van der Waals surface area contributed by atoms with Gasteiger partial charge in [-0.15, -0.1) is 0 Å². The predicted molar refractivity (Wildman–Crippen MR) is 110 cm³/mol. The van der Waals surface area contributed by atoms with Crippen LogP contribution >= 0.6 is 0 Å². The molecule has 2 heterocycles. The van der Waals surface area contributed by atoms with E-state index in [2.05, 4.69) is 29.6 Å². The molecule has 0 fully saturated rings. The van der Waals surface area contributed by atoms with Crippen molar-refractivity contribution < 1.29 is 31.1 Å². The van der Waals surface area contributed by atoms with Crippen LogP contribution in [0.3, 0.4) is 0 Å². The van der Waals surface area contributed by atoms with Crippen LogP contribution in [0.4, 0.5) is 22.0 Å². The number of oxazole rings is 1. The zero-order chi connectivity index (χ0) is 23.8. The Balaban J connectivity index is 2.14. The summed E-state index contributed by atoms with van der Waals surface area (Å²) in [4.78, 5) is 20.1. The van der Waals surface area contributed by atoms with E-state index in [1.54, 1.807) is 0 Å². The Hall–Kier alpha value is -2.60. The third-order valence-electron chi connectivity index (χ3n) is 4.81. The minimum Gasteiger partial charge on any atom is -0.407 e. The highest BCUT2D eigenvalue weighted by molar-refractivity contribution is 6.76. The minimum atomic E-state index is -4.79. The molecule has 2 aromatic heterocycles. The Kier molecular flexibility index (Phi) is 6.56. The van der Waals surface area contributed by atoms with E-state index >= 15 is 0 Å². The Morgan fingerprint density at radius 3 is 2.50 bits per heavy atom. The average Bonchev–Trinajstić information content (AvgIpc) is 2.99. The number of halogens is 5. The second-order valence-electron chi connectivity index (χ2n) is 8.51. The van der Waals surface area contributed by atoms with E-state index in [4.69, 9.17) is 9.15 Å². The number of aromatic nitrogens is 3. The van der Waals surface area contributed by atoms with Crippen molar-refractivity contribution in [2.45, 2.75) is 51.9 Å². The van der Waals surface area contributed by atoms with Gasteiger partial charge in [0.25, 0.3) is 6.43 Å². The van der Waals surface area contributed by atoms with Gasteiger partial charge in [-0.2, -0.15) is 13.2 Å². The Morgan fingerprint density at radius 2 is 1.91 bits per heavy atom. The molecule has 0 atom stereocenters. The smallest absolute Gasteiger partial charge is 0.407 e. The van der Waals surface area contributed by atoms with Crippen molar-refractivity contribution in [1.82, 2.24) is 14.5 Å². The molecule has 0 aliphatic heterocycles. The van der Waals surface area contributed by atoms with Crippen LogP contribution in [0, 0.1) is 6.92 Å². The van der Waals surface area contributed by atoms with Crippen molar-refractivity contribution in [2.75, 3.05) is 6.61 Å². The minimum absolute atomic E-state index is 0.0123. The van der Waals surface area contributed by atoms with Gasteiger partial charge in [0.15, 0.2) is 5.58 Å². The van der Waals surface area contributed by atoms with E-state index in [0.29, 0.717) is 0 Å². The summed E-state index contributed by atoms with van der Waals surface area (Å²) in [6.45, 7) is 7.51. The number of aryl methyl sites for hydroxylation is 1. The maximum atomic E-state index is 13.7. The van der Waals surface area contributed by atoms with Gasteiger partial charge in [-0.05, 0) is 25.1 Å². The lowest BCUT2D eigenvalue weighted by Gasteiger charge is -2.16. The summed E-state index contributed by atoms with van der Waals surface area (Å²) in [7, 11) is -1.45. The molecule has 32 heavy (non-hydrogen) atoms. The van der Waals surface area contributed by atoms with Crippen LogP contribution in [0.1, 0.15) is 23.4 Å². The molecule has 12 heteroatoms. The first kappa shape index (κ1) is 24.0. The Labute approximate surface area is 181 Å². The summed E-state index contributed by atoms with van der Waals surface area (Å²) < 4.78 is 78.9. The first-order valence-corrected chi connectivity index (χ1v) is 13.4. The monoisotopic (exact) mass is 475 g/mol. The standard InChI is InChI=1S/C20H22F5N3O3Si/c1-11-15(18(21)22)27-14(9-26-11)12-5-6-13(20(23,24)25)16-17(12)31-19(29)28(16)10-30-7-8-32(2,3)4/h5-6,9,18H,7-8,10H2,1-4H3. The lowest BCUT2D eigenvalue weighted by atomic mass is 10.1. The number of benzene rings is 1. The fourth-order valence-electron chi connectivity index (χ4n) is 3.06. The SMILES string of the molecule is Cc1ncc(-c2ccc(C(F)(F)F)c3c2oc(=O)n3COCC[Si](C)(C)C)nc1C(F)F. The number of hydrogen-bond acceptors (Lipinski definition) is 5. The van der Waals surface area contributed by atoms with Gasteiger partial charge < -0.3 is 9.15 Å². The van der Waals surface area contributed by atoms with Gasteiger partial charge in [-0.3, -0.25) is 4.98 Å². The molecule has 6 nitrogen and oxygen atoms in total. The zero-order valence-electron chi connectivity index (χ0n) is 17.9. The summed E-state index contributed by atoms with van der Waals surface area (Å²) in [6.07, 6.45) is -6.57. The molecule has 3 rings (SSSR count). The van der Waals surface area contributed by atoms with E-state index < -0.39 is 55.5 Å². The molecule has 0 amide bonds. The Bertz CT molecular complexity index is 1180. The number of fused-ring (bicyclic) bond motifs is 1. The van der Waals surface area contributed by atoms with Gasteiger partial charge in [0, 0.05) is 20.2 Å². The summed E-state index contributed by atoms with van der Waals surface area (Å²) in [5, 5.41) is 0. The molecular weight excluding hydrogens is 453 g/mol. The molecule has 0 unspecified atom stereocenters. The third kappa shape index (κ3) is 5.06. The molecule has 0 spiro atoms. The maximum Gasteiger partial charge on any atom is 0.421 e. The van der Waals surface area contributed by atoms with Crippen LogP contribution in [0.2, 0.25) is 25.7 Å². The van der Waals surface area contributed by atoms with Crippen molar-refractivity contribution in [3.63, 3.8) is 0 Å². The summed E-state index contributed by atoms with van der Waals surface area (Å²) in [6, 6.07) is 2.54. The number of rotatable bonds is 7. The quantitative estimate of drug-likeness (QED) is 0.252. The van der Waals surface area contributed by atoms with E-state index in [-0.39, 0.29) is 23.6 Å². The highest BCUT2D eigenvalue weighted by Gasteiger charge is 2.36. The normalized spacial score (nSPS) is 12.8. The van der Waals surface area contributed by atoms with Gasteiger partial charge >= 0.3 is 11.9 Å². The number of ether oxygens (including phenoxy) is 1. The molecule has 1 aromatic carbocycles. The first-order chi connectivity index (χ1) is 14.8. The molecule has 0 N–H and O–H groups in total. The number of alkyl halides is 5. The lowest BCUT2D eigenvalue weighted by Crippen LogP contribution is -2.23. The fraction of sp³-hybridized carbons (Fsp3) is 0.450. The van der Waals surface area contributed by atoms with Crippen LogP contribution in [0.5, 0.6) is 0 Å². The van der Waals surface area contributed by atoms with Crippen LogP contribution in [0.15, 0.2) is 27.5 Å². The highest BCUT2D eigenvalue weighted by atomic mass is 28.3. The number of nitrogens with zero attached hydrogens (tertiary/aromatic N) is 3. The highest BCUT2D eigenvalue weighted by Crippen LogP contribution is 2.38. The van der Waals surface area contributed by atoms with Crippen molar-refractivity contribution in [3.8, 4) is 11.3 Å². The van der Waals surface area contributed by atoms with E-state index in [1.807, 2.05) is 0 Å². The molecule has 0 saturated heterocycles. The van der Waals surface area contributed by atoms with E-state index in [1.165, 1.54) is 6.92 Å². The van der Waals surface area contributed by atoms with Crippen molar-refractivity contribution in [2.24, 2.45) is 0 Å². The van der Waals surface area contributed by atoms with Gasteiger partial charge in [0.2, 0.25) is 0 Å². The largest absolute Gasteiger partial charge is 0.421 e. The summed E-state index contributed by atoms with van der Waals surface area (Å²) in [5.41, 5.74) is -2.87. The maximum absolute atomic E-state index is 13.7. The van der Waals surface area contributed by atoms with E-state index in [9.17, 15) is 26.7 Å². The zero-order valence-corrected chi connectivity index (χ0v) is 18.9. The molecule has 3 aromatic rings. The van der Waals surface area contributed by atoms with Gasteiger partial charge in [-0.1, -0.05) is 19.6 Å². The van der Waals surface area contributed by atoms with Crippen LogP contribution in [-0.2, 0) is 17.6 Å². The Morgan fingerprint density at radius 1 is 1.22 bits per heavy atom. The second kappa shape index (κ2) is 8.74. The lowest BCUT2D eigenvalue weighted by molar-refractivity contribution is -0.136. The number of hydrogen-bond donors (Lipinski definition) is 0. The third-order valence-corrected chi connectivity index (χ3v) is 6.51. The molecule has 0 saturated carbocycles. The molecule has 174 valence electrons. The summed E-state index contributed by atoms with van der Waals surface area (Å²) >= 11 is 0. The van der Waals surface area contributed by atoms with Gasteiger partial charge in [-0.25, -0.2) is 23.1 Å². The van der Waals surface area contributed by atoms with Crippen LogP contribution in [-0.4, -0.2) is 29.2 Å². The van der Waals surface area contributed by atoms with Crippen LogP contribution in [0.25, 0.3) is 22.4 Å². The average molecular weight is 475 g/mol. The predicted octanol–water partition coefficient (Wildman–Crippen LogP) is 5.63. The molecule has 0 aliphatic rings. The molecular formula is C20H22F5N3O3Si. The summed E-state index contributed by atoms with van der Waals surface area (Å²) in [5.74, 6) is -1.06. The van der Waals surface area contributed by atoms with Crippen molar-refractivity contribution >= 4 is 19.2 Å². The molecule has 0 bridgehead atoms. The van der Waals surface area contributed by atoms with Crippen LogP contribution < -0.4 is 5.76 Å². The second-order valence-corrected chi connectivity index (χ2v) is 14.1.